The van der Waals surface area contributed by atoms with Crippen molar-refractivity contribution in [2.45, 2.75) is 6.92 Å². The van der Waals surface area contributed by atoms with Crippen LogP contribution < -0.4 is 0 Å². The molecule has 1 heterocycles. The lowest BCUT2D eigenvalue weighted by Crippen LogP contribution is -2.09. The zero-order chi connectivity index (χ0) is 7.02. The minimum absolute atomic E-state index is 0.133. The van der Waals surface area contributed by atoms with Gasteiger partial charge in [-0.1, -0.05) is 0 Å². The van der Waals surface area contributed by atoms with Gasteiger partial charge in [0.25, 0.3) is 0 Å². The van der Waals surface area contributed by atoms with Crippen molar-refractivity contribution in [3.8, 4) is 0 Å². The molecule has 0 N–H and O–H groups in total. The maximum Gasteiger partial charge on any atom is 0.179 e. The number of hydrogen-bond donors (Lipinski definition) is 1. The van der Waals surface area contributed by atoms with Crippen molar-refractivity contribution >= 4 is 21.8 Å². The van der Waals surface area contributed by atoms with Gasteiger partial charge in [-0.05, 0) is 13.2 Å². The van der Waals surface area contributed by atoms with Crippen LogP contribution in [-0.4, -0.2) is 22.9 Å². The van der Waals surface area contributed by atoms with E-state index in [4.69, 9.17) is 0 Å². The van der Waals surface area contributed by atoms with Crippen LogP contribution in [-0.2, 0) is 9.59 Å². The summed E-state index contributed by atoms with van der Waals surface area (Å²) in [7, 11) is -0.593. The molecule has 0 spiro atoms. The van der Waals surface area contributed by atoms with E-state index in [-0.39, 0.29) is 16.8 Å². The van der Waals surface area contributed by atoms with Crippen LogP contribution in [0.4, 0.5) is 0 Å². The fourth-order valence-corrected chi connectivity index (χ4v) is 2.62. The molecule has 1 saturated heterocycles. The molecule has 1 aliphatic rings. The maximum atomic E-state index is 10.9. The van der Waals surface area contributed by atoms with Gasteiger partial charge in [0.05, 0.1) is 5.92 Å². The number of thiol groups is 1. The van der Waals surface area contributed by atoms with E-state index < -0.39 is 10.9 Å². The quantitative estimate of drug-likeness (QED) is 0.395. The molecule has 2 nitrogen and oxygen atoms in total. The van der Waals surface area contributed by atoms with Gasteiger partial charge in [-0.25, -0.2) is 0 Å². The molecule has 2 atom stereocenters. The van der Waals surface area contributed by atoms with Crippen LogP contribution in [0.1, 0.15) is 6.92 Å². The molecule has 52 valence electrons. The van der Waals surface area contributed by atoms with E-state index in [1.165, 1.54) is 0 Å². The maximum absolute atomic E-state index is 10.9. The highest BCUT2D eigenvalue weighted by Crippen LogP contribution is 2.33. The fourth-order valence-electron chi connectivity index (χ4n) is 0.917. The van der Waals surface area contributed by atoms with Gasteiger partial charge < -0.3 is 0 Å². The summed E-state index contributed by atoms with van der Waals surface area (Å²) in [6, 6.07) is 0. The molecule has 0 aromatic heterocycles. The lowest BCUT2D eigenvalue weighted by Gasteiger charge is -1.99. The van der Waals surface area contributed by atoms with Crippen molar-refractivity contribution in [1.82, 2.24) is 0 Å². The Bertz CT molecular complexity index is 164. The summed E-state index contributed by atoms with van der Waals surface area (Å²) in [4.78, 5) is 21.7. The molecular formula is C6H10O2S. The normalized spacial score (nSPS) is 39.8. The Labute approximate surface area is 57.0 Å². The fraction of sp³-hybridized carbons (Fsp3) is 0.667. The smallest absolute Gasteiger partial charge is 0.179 e. The summed E-state index contributed by atoms with van der Waals surface area (Å²) in [5.41, 5.74) is 0. The molecule has 0 aromatic rings. The minimum Gasteiger partial charge on any atom is -0.298 e. The molecule has 1 aliphatic heterocycles. The minimum atomic E-state index is -0.593. The average Bonchev–Trinajstić information content (AvgIpc) is 1.98. The predicted octanol–water partition coefficient (Wildman–Crippen LogP) is 0.363. The Morgan fingerprint density at radius 2 is 2.11 bits per heavy atom. The number of ketones is 1. The van der Waals surface area contributed by atoms with Gasteiger partial charge in [-0.3, -0.25) is 9.59 Å². The third-order valence-electron chi connectivity index (χ3n) is 1.62. The first-order valence-corrected chi connectivity index (χ1v) is 4.88. The lowest BCUT2D eigenvalue weighted by molar-refractivity contribution is -0.124. The topological polar surface area (TPSA) is 34.1 Å². The molecule has 3 heteroatoms. The summed E-state index contributed by atoms with van der Waals surface area (Å²) in [6.07, 6.45) is 1.87. The zero-order valence-corrected chi connectivity index (χ0v) is 6.44. The molecule has 0 radical (unpaired) electrons. The number of rotatable bonds is 0. The number of hydrogen-bond acceptors (Lipinski definition) is 2. The Morgan fingerprint density at radius 3 is 2.22 bits per heavy atom. The molecule has 1 rings (SSSR count). The first-order chi connectivity index (χ1) is 4.13. The number of carbonyl (C=O) groups excluding carboxylic acids is 2. The lowest BCUT2D eigenvalue weighted by atomic mass is 10.1. The van der Waals surface area contributed by atoms with Gasteiger partial charge in [0.2, 0.25) is 0 Å². The van der Waals surface area contributed by atoms with Gasteiger partial charge in [-0.2, -0.15) is 10.9 Å². The van der Waals surface area contributed by atoms with E-state index in [9.17, 15) is 9.59 Å². The second kappa shape index (κ2) is 2.14. The van der Waals surface area contributed by atoms with Gasteiger partial charge in [0.1, 0.15) is 0 Å². The van der Waals surface area contributed by atoms with Crippen molar-refractivity contribution in [2.24, 2.45) is 5.92 Å². The van der Waals surface area contributed by atoms with Crippen molar-refractivity contribution in [2.75, 3.05) is 12.0 Å². The highest BCUT2D eigenvalue weighted by Gasteiger charge is 2.32. The summed E-state index contributed by atoms with van der Waals surface area (Å²) >= 11 is 0. The first-order valence-electron chi connectivity index (χ1n) is 2.90. The summed E-state index contributed by atoms with van der Waals surface area (Å²) in [5, 5.41) is 0.176. The predicted molar refractivity (Wildman–Crippen MR) is 39.0 cm³/mol. The largest absolute Gasteiger partial charge is 0.298 e. The highest BCUT2D eigenvalue weighted by molar-refractivity contribution is 8.30. The standard InChI is InChI=1S/C6H10O2S/c1-4-5(7)3-9(2)6(4)8/h4,9H,3H2,1-2H3. The van der Waals surface area contributed by atoms with E-state index in [1.54, 1.807) is 6.92 Å². The third-order valence-corrected chi connectivity index (χ3v) is 3.55. The molecule has 0 aromatic carbocycles. The summed E-state index contributed by atoms with van der Waals surface area (Å²) in [5.74, 6) is 0.365. The van der Waals surface area contributed by atoms with Crippen LogP contribution in [0.5, 0.6) is 0 Å². The van der Waals surface area contributed by atoms with Crippen LogP contribution >= 0.6 is 10.9 Å². The van der Waals surface area contributed by atoms with Crippen LogP contribution in [0, 0.1) is 5.92 Å². The Morgan fingerprint density at radius 1 is 1.56 bits per heavy atom. The Hall–Kier alpha value is -0.310. The summed E-state index contributed by atoms with van der Waals surface area (Å²) in [6.45, 7) is 1.70. The van der Waals surface area contributed by atoms with Gasteiger partial charge in [-0.15, -0.1) is 0 Å². The molecule has 2 unspecified atom stereocenters. The molecule has 0 amide bonds. The first kappa shape index (κ1) is 6.81. The van der Waals surface area contributed by atoms with Crippen molar-refractivity contribution in [3.05, 3.63) is 0 Å². The van der Waals surface area contributed by atoms with Crippen molar-refractivity contribution in [3.63, 3.8) is 0 Å². The highest BCUT2D eigenvalue weighted by atomic mass is 32.2. The van der Waals surface area contributed by atoms with E-state index in [0.717, 1.165) is 0 Å². The molecule has 9 heavy (non-hydrogen) atoms. The van der Waals surface area contributed by atoms with E-state index in [0.29, 0.717) is 5.75 Å². The average molecular weight is 146 g/mol. The Kier molecular flexibility index (Phi) is 1.62. The molecule has 1 fully saturated rings. The van der Waals surface area contributed by atoms with E-state index >= 15 is 0 Å². The van der Waals surface area contributed by atoms with Gasteiger partial charge in [0, 0.05) is 5.75 Å². The van der Waals surface area contributed by atoms with Crippen molar-refractivity contribution < 1.29 is 9.59 Å². The van der Waals surface area contributed by atoms with Crippen molar-refractivity contribution in [1.29, 1.82) is 0 Å². The third kappa shape index (κ3) is 1.01. The van der Waals surface area contributed by atoms with E-state index in [2.05, 4.69) is 0 Å². The van der Waals surface area contributed by atoms with E-state index in [1.807, 2.05) is 6.26 Å². The summed E-state index contributed by atoms with van der Waals surface area (Å²) < 4.78 is 0. The number of carbonyl (C=O) groups is 2. The van der Waals surface area contributed by atoms with Crippen LogP contribution in [0.2, 0.25) is 0 Å². The zero-order valence-electron chi connectivity index (χ0n) is 5.55. The SMILES string of the molecule is CC1C(=O)C[SH](C)C1=O. The van der Waals surface area contributed by atoms with Gasteiger partial charge >= 0.3 is 0 Å². The van der Waals surface area contributed by atoms with Gasteiger partial charge in [0.15, 0.2) is 10.9 Å². The second-order valence-corrected chi connectivity index (χ2v) is 4.54. The molecule has 0 bridgehead atoms. The van der Waals surface area contributed by atoms with Crippen LogP contribution in [0.3, 0.4) is 0 Å². The molecular weight excluding hydrogens is 136 g/mol. The molecule has 0 aliphatic carbocycles. The monoisotopic (exact) mass is 146 g/mol. The molecule has 0 saturated carbocycles. The second-order valence-electron chi connectivity index (χ2n) is 2.38. The van der Waals surface area contributed by atoms with Crippen LogP contribution in [0.15, 0.2) is 0 Å². The Balaban J connectivity index is 2.77. The number of Topliss-reactive ketones (excluding diaryl/α,β-unsaturated/α-hetero) is 1. The van der Waals surface area contributed by atoms with Crippen LogP contribution in [0.25, 0.3) is 0 Å².